The van der Waals surface area contributed by atoms with Gasteiger partial charge in [0, 0.05) is 30.4 Å². The van der Waals surface area contributed by atoms with E-state index < -0.39 is 5.63 Å². The molecule has 0 saturated carbocycles. The standard InChI is InChI=1S/C22H22N2O4/c1-14-17-8-7-16(25)11-20(17)28-22(27)18(14)12-21(26)24-10-3-2-6-19(24)15-5-4-9-23-13-15/h4-5,7-9,11,13,19,25H,2-3,6,10,12H2,1H3/t19-/m0/s1. The Labute approximate surface area is 162 Å². The number of carbonyl (C=O) groups is 1. The number of aromatic hydroxyl groups is 1. The zero-order chi connectivity index (χ0) is 19.7. The number of likely N-dealkylation sites (tertiary alicyclic amines) is 1. The first kappa shape index (κ1) is 18.2. The van der Waals surface area contributed by atoms with Crippen molar-refractivity contribution in [3.05, 3.63) is 69.8 Å². The summed E-state index contributed by atoms with van der Waals surface area (Å²) < 4.78 is 5.36. The predicted molar refractivity (Wildman–Crippen MR) is 105 cm³/mol. The third-order valence-electron chi connectivity index (χ3n) is 5.49. The average Bonchev–Trinajstić information content (AvgIpc) is 2.71. The zero-order valence-corrected chi connectivity index (χ0v) is 15.7. The second-order valence-electron chi connectivity index (χ2n) is 7.24. The zero-order valence-electron chi connectivity index (χ0n) is 15.7. The van der Waals surface area contributed by atoms with Crippen molar-refractivity contribution in [2.45, 2.75) is 38.6 Å². The summed E-state index contributed by atoms with van der Waals surface area (Å²) in [6.07, 6.45) is 6.43. The van der Waals surface area contributed by atoms with Gasteiger partial charge >= 0.3 is 5.63 Å². The van der Waals surface area contributed by atoms with Gasteiger partial charge in [0.1, 0.15) is 11.3 Å². The second-order valence-corrected chi connectivity index (χ2v) is 7.24. The van der Waals surface area contributed by atoms with Crippen LogP contribution < -0.4 is 5.63 Å². The molecule has 1 saturated heterocycles. The minimum absolute atomic E-state index is 0.00173. The number of piperidine rings is 1. The highest BCUT2D eigenvalue weighted by Crippen LogP contribution is 2.31. The van der Waals surface area contributed by atoms with E-state index in [9.17, 15) is 14.7 Å². The number of amides is 1. The summed E-state index contributed by atoms with van der Waals surface area (Å²) in [6.45, 7) is 2.48. The van der Waals surface area contributed by atoms with Crippen LogP contribution in [-0.4, -0.2) is 27.4 Å². The molecule has 0 spiro atoms. The molecule has 0 aliphatic carbocycles. The Hall–Kier alpha value is -3.15. The van der Waals surface area contributed by atoms with Gasteiger partial charge in [-0.1, -0.05) is 6.07 Å². The molecule has 1 amide bonds. The molecule has 6 heteroatoms. The van der Waals surface area contributed by atoms with Crippen LogP contribution >= 0.6 is 0 Å². The summed E-state index contributed by atoms with van der Waals surface area (Å²) in [5.74, 6) is -0.0476. The Morgan fingerprint density at radius 1 is 1.32 bits per heavy atom. The number of benzene rings is 1. The maximum Gasteiger partial charge on any atom is 0.340 e. The Balaban J connectivity index is 1.66. The number of rotatable bonds is 3. The minimum Gasteiger partial charge on any atom is -0.508 e. The lowest BCUT2D eigenvalue weighted by molar-refractivity contribution is -0.134. The van der Waals surface area contributed by atoms with E-state index in [2.05, 4.69) is 4.98 Å². The number of hydrogen-bond donors (Lipinski definition) is 1. The summed E-state index contributed by atoms with van der Waals surface area (Å²) in [5.41, 5.74) is 1.91. The molecule has 4 rings (SSSR count). The number of pyridine rings is 1. The van der Waals surface area contributed by atoms with Crippen LogP contribution in [0.1, 0.15) is 42.0 Å². The molecule has 1 aromatic carbocycles. The van der Waals surface area contributed by atoms with Crippen molar-refractivity contribution in [2.24, 2.45) is 0 Å². The number of aromatic nitrogens is 1. The van der Waals surface area contributed by atoms with Crippen LogP contribution in [0.2, 0.25) is 0 Å². The van der Waals surface area contributed by atoms with Crippen molar-refractivity contribution >= 4 is 16.9 Å². The lowest BCUT2D eigenvalue weighted by Gasteiger charge is -2.36. The molecule has 1 N–H and O–H groups in total. The Kier molecular flexibility index (Phi) is 4.86. The monoisotopic (exact) mass is 378 g/mol. The quantitative estimate of drug-likeness (QED) is 0.705. The van der Waals surface area contributed by atoms with E-state index in [1.54, 1.807) is 24.5 Å². The summed E-state index contributed by atoms with van der Waals surface area (Å²) >= 11 is 0. The number of hydrogen-bond acceptors (Lipinski definition) is 5. The number of fused-ring (bicyclic) bond motifs is 1. The van der Waals surface area contributed by atoms with Crippen molar-refractivity contribution in [3.8, 4) is 5.75 Å². The first-order valence-corrected chi connectivity index (χ1v) is 9.49. The fourth-order valence-electron chi connectivity index (χ4n) is 3.99. The molecule has 1 aliphatic heterocycles. The fraction of sp³-hybridized carbons (Fsp3) is 0.318. The summed E-state index contributed by atoms with van der Waals surface area (Å²) in [7, 11) is 0. The van der Waals surface area contributed by atoms with Crippen molar-refractivity contribution in [2.75, 3.05) is 6.54 Å². The summed E-state index contributed by atoms with van der Waals surface area (Å²) in [5, 5.41) is 10.3. The molecule has 1 aliphatic rings. The van der Waals surface area contributed by atoms with E-state index in [4.69, 9.17) is 4.42 Å². The molecule has 3 heterocycles. The predicted octanol–water partition coefficient (Wildman–Crippen LogP) is 3.50. The molecule has 0 unspecified atom stereocenters. The van der Waals surface area contributed by atoms with Crippen molar-refractivity contribution in [1.82, 2.24) is 9.88 Å². The number of carbonyl (C=O) groups excluding carboxylic acids is 1. The Morgan fingerprint density at radius 2 is 2.18 bits per heavy atom. The topological polar surface area (TPSA) is 83.6 Å². The lowest BCUT2D eigenvalue weighted by atomic mass is 9.95. The van der Waals surface area contributed by atoms with Gasteiger partial charge in [0.2, 0.25) is 5.91 Å². The molecule has 144 valence electrons. The van der Waals surface area contributed by atoms with Gasteiger partial charge in [-0.25, -0.2) is 4.79 Å². The molecule has 2 aromatic heterocycles. The minimum atomic E-state index is -0.529. The molecular formula is C22H22N2O4. The van der Waals surface area contributed by atoms with E-state index in [1.807, 2.05) is 24.0 Å². The number of nitrogens with zero attached hydrogens (tertiary/aromatic N) is 2. The average molecular weight is 378 g/mol. The van der Waals surface area contributed by atoms with Crippen molar-refractivity contribution in [1.29, 1.82) is 0 Å². The maximum atomic E-state index is 13.1. The van der Waals surface area contributed by atoms with Crippen LogP contribution in [0.3, 0.4) is 0 Å². The van der Waals surface area contributed by atoms with Crippen LogP contribution in [-0.2, 0) is 11.2 Å². The van der Waals surface area contributed by atoms with Crippen LogP contribution in [0.25, 0.3) is 11.0 Å². The highest BCUT2D eigenvalue weighted by atomic mass is 16.4. The number of phenolic OH excluding ortho intramolecular Hbond substituents is 1. The van der Waals surface area contributed by atoms with Crippen molar-refractivity contribution < 1.29 is 14.3 Å². The first-order chi connectivity index (χ1) is 13.5. The second kappa shape index (κ2) is 7.46. The normalized spacial score (nSPS) is 17.0. The van der Waals surface area contributed by atoms with Crippen molar-refractivity contribution in [3.63, 3.8) is 0 Å². The largest absolute Gasteiger partial charge is 0.508 e. The van der Waals surface area contributed by atoms with Crippen LogP contribution in [0, 0.1) is 6.92 Å². The van der Waals surface area contributed by atoms with Gasteiger partial charge in [0.15, 0.2) is 0 Å². The van der Waals surface area contributed by atoms with E-state index in [1.165, 1.54) is 6.07 Å². The van der Waals surface area contributed by atoms with Gasteiger partial charge in [-0.05, 0) is 55.5 Å². The number of phenols is 1. The van der Waals surface area contributed by atoms with Gasteiger partial charge in [0.25, 0.3) is 0 Å². The molecule has 3 aromatic rings. The van der Waals surface area contributed by atoms with E-state index in [0.717, 1.165) is 35.8 Å². The molecule has 6 nitrogen and oxygen atoms in total. The summed E-state index contributed by atoms with van der Waals surface area (Å²) in [4.78, 5) is 31.7. The molecule has 1 atom stereocenters. The highest BCUT2D eigenvalue weighted by Gasteiger charge is 2.29. The molecule has 0 radical (unpaired) electrons. The van der Waals surface area contributed by atoms with Gasteiger partial charge in [-0.3, -0.25) is 9.78 Å². The third-order valence-corrected chi connectivity index (χ3v) is 5.49. The SMILES string of the molecule is Cc1c(CC(=O)N2CCCC[C@H]2c2cccnc2)c(=O)oc2cc(O)ccc12. The van der Waals surface area contributed by atoms with E-state index in [0.29, 0.717) is 17.7 Å². The molecule has 28 heavy (non-hydrogen) atoms. The van der Waals surface area contributed by atoms with Crippen LogP contribution in [0.4, 0.5) is 0 Å². The smallest absolute Gasteiger partial charge is 0.340 e. The molecule has 1 fully saturated rings. The van der Waals surface area contributed by atoms with Crippen LogP contribution in [0.15, 0.2) is 51.9 Å². The first-order valence-electron chi connectivity index (χ1n) is 9.49. The van der Waals surface area contributed by atoms with Crippen LogP contribution in [0.5, 0.6) is 5.75 Å². The Bertz CT molecular complexity index is 1080. The third kappa shape index (κ3) is 3.38. The maximum absolute atomic E-state index is 13.1. The van der Waals surface area contributed by atoms with Gasteiger partial charge in [-0.2, -0.15) is 0 Å². The fourth-order valence-corrected chi connectivity index (χ4v) is 3.99. The Morgan fingerprint density at radius 3 is 2.96 bits per heavy atom. The lowest BCUT2D eigenvalue weighted by Crippen LogP contribution is -2.40. The van der Waals surface area contributed by atoms with E-state index in [-0.39, 0.29) is 24.1 Å². The highest BCUT2D eigenvalue weighted by molar-refractivity contribution is 5.85. The molecule has 0 bridgehead atoms. The summed E-state index contributed by atoms with van der Waals surface area (Å²) in [6, 6.07) is 8.52. The van der Waals surface area contributed by atoms with E-state index >= 15 is 0 Å². The van der Waals surface area contributed by atoms with Gasteiger partial charge in [-0.15, -0.1) is 0 Å². The van der Waals surface area contributed by atoms with Gasteiger partial charge in [0.05, 0.1) is 18.0 Å². The molecular weight excluding hydrogens is 356 g/mol. The van der Waals surface area contributed by atoms with Gasteiger partial charge < -0.3 is 14.4 Å². The number of aryl methyl sites for hydroxylation is 1.